The lowest BCUT2D eigenvalue weighted by molar-refractivity contribution is 0.102. The number of hydrogen-bond acceptors (Lipinski definition) is 5. The molecule has 0 saturated carbocycles. The number of benzene rings is 2. The van der Waals surface area contributed by atoms with Gasteiger partial charge in [0.1, 0.15) is 5.75 Å². The number of hydrogen-bond donors (Lipinski definition) is 0. The Morgan fingerprint density at radius 2 is 1.81 bits per heavy atom. The predicted molar refractivity (Wildman–Crippen MR) is 124 cm³/mol. The van der Waals surface area contributed by atoms with Crippen molar-refractivity contribution in [1.82, 2.24) is 14.1 Å². The maximum atomic E-state index is 13.4. The second kappa shape index (κ2) is 8.43. The van der Waals surface area contributed by atoms with E-state index in [1.54, 1.807) is 25.3 Å². The Bertz CT molecular complexity index is 1350. The smallest absolute Gasteiger partial charge is 0.266 e. The molecule has 4 aromatic rings. The Morgan fingerprint density at radius 3 is 2.52 bits per heavy atom. The van der Waals surface area contributed by atoms with E-state index >= 15 is 0 Å². The van der Waals surface area contributed by atoms with Crippen molar-refractivity contribution in [1.29, 1.82) is 0 Å². The Labute approximate surface area is 184 Å². The highest BCUT2D eigenvalue weighted by atomic mass is 32.2. The molecule has 0 aliphatic heterocycles. The van der Waals surface area contributed by atoms with Crippen LogP contribution in [0.25, 0.3) is 16.6 Å². The van der Waals surface area contributed by atoms with Gasteiger partial charge in [0.15, 0.2) is 10.9 Å². The highest BCUT2D eigenvalue weighted by Crippen LogP contribution is 2.28. The number of aromatic nitrogens is 3. The van der Waals surface area contributed by atoms with Crippen LogP contribution in [0.15, 0.2) is 64.5 Å². The fraction of sp³-hybridized carbons (Fsp3) is 0.208. The van der Waals surface area contributed by atoms with Crippen LogP contribution in [0, 0.1) is 13.8 Å². The number of rotatable bonds is 6. The molecule has 0 fully saturated rings. The molecule has 4 rings (SSSR count). The molecule has 0 saturated heterocycles. The van der Waals surface area contributed by atoms with Crippen LogP contribution in [0.5, 0.6) is 5.75 Å². The van der Waals surface area contributed by atoms with Gasteiger partial charge in [-0.1, -0.05) is 36.0 Å². The number of ether oxygens (including phenoxy) is 1. The SMILES string of the molecule is COc1ccccc1-n1c(SCC(=O)c2cc(C)n(C)c2C)nc2ccccc2c1=O. The molecule has 2 aromatic heterocycles. The number of carbonyl (C=O) groups excluding carboxylic acids is 1. The number of Topliss-reactive ketones (excluding diaryl/α,β-unsaturated/α-hetero) is 1. The van der Waals surface area contributed by atoms with Crippen molar-refractivity contribution in [3.8, 4) is 11.4 Å². The number of fused-ring (bicyclic) bond motifs is 1. The van der Waals surface area contributed by atoms with E-state index in [4.69, 9.17) is 9.72 Å². The zero-order valence-corrected chi connectivity index (χ0v) is 18.7. The number of carbonyl (C=O) groups is 1. The maximum Gasteiger partial charge on any atom is 0.266 e. The minimum atomic E-state index is -0.197. The molecule has 2 heterocycles. The van der Waals surface area contributed by atoms with E-state index in [1.807, 2.05) is 61.9 Å². The van der Waals surface area contributed by atoms with Gasteiger partial charge in [-0.2, -0.15) is 0 Å². The van der Waals surface area contributed by atoms with E-state index in [0.29, 0.717) is 33.1 Å². The molecule has 0 unspecified atom stereocenters. The van der Waals surface area contributed by atoms with Crippen LogP contribution in [-0.2, 0) is 7.05 Å². The first-order valence-electron chi connectivity index (χ1n) is 9.86. The largest absolute Gasteiger partial charge is 0.495 e. The normalized spacial score (nSPS) is 11.1. The summed E-state index contributed by atoms with van der Waals surface area (Å²) in [6.07, 6.45) is 0. The van der Waals surface area contributed by atoms with Gasteiger partial charge >= 0.3 is 0 Å². The van der Waals surface area contributed by atoms with Crippen molar-refractivity contribution in [2.75, 3.05) is 12.9 Å². The quantitative estimate of drug-likeness (QED) is 0.257. The summed E-state index contributed by atoms with van der Waals surface area (Å²) in [7, 11) is 3.51. The number of nitrogens with zero attached hydrogens (tertiary/aromatic N) is 3. The summed E-state index contributed by atoms with van der Waals surface area (Å²) in [6.45, 7) is 3.91. The molecule has 0 aliphatic rings. The molecule has 0 N–H and O–H groups in total. The molecular formula is C24H23N3O3S. The van der Waals surface area contributed by atoms with Gasteiger partial charge < -0.3 is 9.30 Å². The van der Waals surface area contributed by atoms with Gasteiger partial charge in [0.2, 0.25) is 0 Å². The van der Waals surface area contributed by atoms with Gasteiger partial charge in [0.25, 0.3) is 5.56 Å². The van der Waals surface area contributed by atoms with Gasteiger partial charge in [0.05, 0.1) is 29.5 Å². The molecule has 0 aliphatic carbocycles. The van der Waals surface area contributed by atoms with Crippen molar-refractivity contribution in [3.05, 3.63) is 81.9 Å². The zero-order chi connectivity index (χ0) is 22.1. The van der Waals surface area contributed by atoms with E-state index in [1.165, 1.54) is 16.3 Å². The van der Waals surface area contributed by atoms with Crippen LogP contribution in [0.4, 0.5) is 0 Å². The van der Waals surface area contributed by atoms with Gasteiger partial charge in [-0.05, 0) is 44.2 Å². The van der Waals surface area contributed by atoms with Gasteiger partial charge in [-0.15, -0.1) is 0 Å². The van der Waals surface area contributed by atoms with Crippen LogP contribution in [0.1, 0.15) is 21.7 Å². The molecule has 0 radical (unpaired) electrons. The standard InChI is InChI=1S/C24H23N3O3S/c1-15-13-18(16(2)26(15)3)21(28)14-31-24-25-19-10-6-5-9-17(19)23(29)27(24)20-11-7-8-12-22(20)30-4/h5-13H,14H2,1-4H3. The van der Waals surface area contributed by atoms with Crippen LogP contribution in [-0.4, -0.2) is 32.8 Å². The summed E-state index contributed by atoms with van der Waals surface area (Å²) < 4.78 is 9.01. The number of aryl methyl sites for hydroxylation is 1. The zero-order valence-electron chi connectivity index (χ0n) is 17.9. The fourth-order valence-electron chi connectivity index (χ4n) is 3.58. The third kappa shape index (κ3) is 3.77. The van der Waals surface area contributed by atoms with Gasteiger partial charge in [-0.3, -0.25) is 14.2 Å². The molecule has 31 heavy (non-hydrogen) atoms. The van der Waals surface area contributed by atoms with E-state index in [9.17, 15) is 9.59 Å². The van der Waals surface area contributed by atoms with Crippen molar-refractivity contribution in [2.45, 2.75) is 19.0 Å². The number of thioether (sulfide) groups is 1. The minimum Gasteiger partial charge on any atom is -0.495 e. The molecule has 0 spiro atoms. The van der Waals surface area contributed by atoms with E-state index in [2.05, 4.69) is 0 Å². The van der Waals surface area contributed by atoms with Crippen molar-refractivity contribution >= 4 is 28.4 Å². The number of ketones is 1. The molecule has 0 amide bonds. The molecule has 0 bridgehead atoms. The van der Waals surface area contributed by atoms with Crippen molar-refractivity contribution in [2.24, 2.45) is 7.05 Å². The summed E-state index contributed by atoms with van der Waals surface area (Å²) in [5.74, 6) is 0.731. The third-order valence-corrected chi connectivity index (χ3v) is 6.42. The van der Waals surface area contributed by atoms with E-state index in [0.717, 1.165) is 11.4 Å². The average molecular weight is 434 g/mol. The highest BCUT2D eigenvalue weighted by Gasteiger charge is 2.19. The summed E-state index contributed by atoms with van der Waals surface area (Å²) >= 11 is 1.25. The lowest BCUT2D eigenvalue weighted by atomic mass is 10.2. The Kier molecular flexibility index (Phi) is 5.69. The predicted octanol–water partition coefficient (Wildman–Crippen LogP) is 4.32. The summed E-state index contributed by atoms with van der Waals surface area (Å²) in [6, 6.07) is 16.4. The van der Waals surface area contributed by atoms with Gasteiger partial charge in [-0.25, -0.2) is 4.98 Å². The summed E-state index contributed by atoms with van der Waals surface area (Å²) in [5.41, 5.74) is 3.64. The molecule has 2 aromatic carbocycles. The monoisotopic (exact) mass is 433 g/mol. The third-order valence-electron chi connectivity index (χ3n) is 5.48. The van der Waals surface area contributed by atoms with Crippen LogP contribution in [0.3, 0.4) is 0 Å². The first-order chi connectivity index (χ1) is 14.9. The number of para-hydroxylation sites is 3. The molecular weight excluding hydrogens is 410 g/mol. The average Bonchev–Trinajstić information content (AvgIpc) is 3.05. The van der Waals surface area contributed by atoms with E-state index < -0.39 is 0 Å². The Balaban J connectivity index is 1.80. The lowest BCUT2D eigenvalue weighted by Gasteiger charge is -2.15. The minimum absolute atomic E-state index is 0.000171. The van der Waals surface area contributed by atoms with E-state index in [-0.39, 0.29) is 17.1 Å². The maximum absolute atomic E-state index is 13.4. The van der Waals surface area contributed by atoms with Crippen LogP contribution < -0.4 is 10.3 Å². The van der Waals surface area contributed by atoms with Crippen LogP contribution >= 0.6 is 11.8 Å². The van der Waals surface area contributed by atoms with Crippen molar-refractivity contribution < 1.29 is 9.53 Å². The number of methoxy groups -OCH3 is 1. The summed E-state index contributed by atoms with van der Waals surface area (Å²) in [5, 5.41) is 0.963. The van der Waals surface area contributed by atoms with Crippen LogP contribution in [0.2, 0.25) is 0 Å². The Hall–Kier alpha value is -3.32. The first kappa shape index (κ1) is 20.9. The fourth-order valence-corrected chi connectivity index (χ4v) is 4.47. The first-order valence-corrected chi connectivity index (χ1v) is 10.8. The highest BCUT2D eigenvalue weighted by molar-refractivity contribution is 7.99. The van der Waals surface area contributed by atoms with Gasteiger partial charge in [0, 0.05) is 24.0 Å². The molecule has 158 valence electrons. The molecule has 0 atom stereocenters. The van der Waals surface area contributed by atoms with Crippen molar-refractivity contribution in [3.63, 3.8) is 0 Å². The summed E-state index contributed by atoms with van der Waals surface area (Å²) in [4.78, 5) is 31.1. The second-order valence-electron chi connectivity index (χ2n) is 7.28. The second-order valence-corrected chi connectivity index (χ2v) is 8.22. The molecule has 7 heteroatoms. The molecule has 6 nitrogen and oxygen atoms in total. The topological polar surface area (TPSA) is 66.1 Å². The lowest BCUT2D eigenvalue weighted by Crippen LogP contribution is -2.22. The Morgan fingerprint density at radius 1 is 1.10 bits per heavy atom.